The van der Waals surface area contributed by atoms with Gasteiger partial charge in [-0.3, -0.25) is 0 Å². The van der Waals surface area contributed by atoms with Crippen molar-refractivity contribution in [1.29, 1.82) is 0 Å². The largest absolute Gasteiger partial charge is 0.390 e. The van der Waals surface area contributed by atoms with Crippen molar-refractivity contribution in [2.45, 2.75) is 32.5 Å². The van der Waals surface area contributed by atoms with Crippen LogP contribution in [0, 0.1) is 0 Å². The molecule has 0 aromatic heterocycles. The van der Waals surface area contributed by atoms with Crippen LogP contribution in [-0.2, 0) is 9.47 Å². The van der Waals surface area contributed by atoms with Crippen molar-refractivity contribution < 1.29 is 14.6 Å². The molecule has 0 saturated heterocycles. The summed E-state index contributed by atoms with van der Waals surface area (Å²) in [6.07, 6.45) is 0.288. The van der Waals surface area contributed by atoms with Gasteiger partial charge in [-0.25, -0.2) is 0 Å². The molecule has 68 valence electrons. The Morgan fingerprint density at radius 3 is 2.45 bits per heavy atom. The first-order valence-electron chi connectivity index (χ1n) is 4.01. The third kappa shape index (κ3) is 5.18. The molecule has 0 rings (SSSR count). The van der Waals surface area contributed by atoms with Crippen molar-refractivity contribution in [2.24, 2.45) is 0 Å². The molecule has 11 heavy (non-hydrogen) atoms. The van der Waals surface area contributed by atoms with Crippen molar-refractivity contribution in [3.8, 4) is 0 Å². The zero-order valence-electron chi connectivity index (χ0n) is 7.54. The van der Waals surface area contributed by atoms with Gasteiger partial charge >= 0.3 is 0 Å². The molecular weight excluding hydrogens is 144 g/mol. The summed E-state index contributed by atoms with van der Waals surface area (Å²) in [4.78, 5) is 0. The molecule has 0 heterocycles. The Balaban J connectivity index is 3.28. The Labute approximate surface area is 68.3 Å². The van der Waals surface area contributed by atoms with Crippen LogP contribution >= 0.6 is 0 Å². The van der Waals surface area contributed by atoms with E-state index in [2.05, 4.69) is 0 Å². The highest BCUT2D eigenvalue weighted by Gasteiger charge is 2.11. The van der Waals surface area contributed by atoms with E-state index >= 15 is 0 Å². The second-order valence-electron chi connectivity index (χ2n) is 2.54. The molecule has 0 fully saturated rings. The van der Waals surface area contributed by atoms with Crippen molar-refractivity contribution in [3.63, 3.8) is 0 Å². The van der Waals surface area contributed by atoms with E-state index in [0.29, 0.717) is 13.2 Å². The number of rotatable bonds is 6. The zero-order chi connectivity index (χ0) is 8.69. The highest BCUT2D eigenvalue weighted by Crippen LogP contribution is 2.01. The molecule has 0 amide bonds. The summed E-state index contributed by atoms with van der Waals surface area (Å²) >= 11 is 0. The summed E-state index contributed by atoms with van der Waals surface area (Å²) in [6.45, 7) is 4.93. The molecule has 2 unspecified atom stereocenters. The molecule has 3 nitrogen and oxygen atoms in total. The third-order valence-corrected chi connectivity index (χ3v) is 1.63. The lowest BCUT2D eigenvalue weighted by atomic mass is 10.2. The predicted molar refractivity (Wildman–Crippen MR) is 43.6 cm³/mol. The molecule has 0 aliphatic carbocycles. The van der Waals surface area contributed by atoms with Crippen molar-refractivity contribution in [2.75, 3.05) is 20.3 Å². The van der Waals surface area contributed by atoms with Gasteiger partial charge in [-0.05, 0) is 13.3 Å². The van der Waals surface area contributed by atoms with E-state index in [-0.39, 0.29) is 12.2 Å². The smallest absolute Gasteiger partial charge is 0.0806 e. The summed E-state index contributed by atoms with van der Waals surface area (Å²) in [6, 6.07) is 0. The Morgan fingerprint density at radius 1 is 1.36 bits per heavy atom. The normalized spacial score (nSPS) is 16.4. The Kier molecular flexibility index (Phi) is 6.51. The molecule has 0 aromatic carbocycles. The summed E-state index contributed by atoms with van der Waals surface area (Å²) in [5.74, 6) is 0. The Hall–Kier alpha value is -0.120. The van der Waals surface area contributed by atoms with Gasteiger partial charge in [0, 0.05) is 7.11 Å². The maximum atomic E-state index is 9.26. The number of aliphatic hydroxyl groups is 1. The van der Waals surface area contributed by atoms with Crippen LogP contribution in [0.4, 0.5) is 0 Å². The molecule has 0 bridgehead atoms. The minimum Gasteiger partial charge on any atom is -0.390 e. The third-order valence-electron chi connectivity index (χ3n) is 1.63. The van der Waals surface area contributed by atoms with Gasteiger partial charge in [-0.15, -0.1) is 0 Å². The van der Waals surface area contributed by atoms with Gasteiger partial charge in [0.15, 0.2) is 0 Å². The van der Waals surface area contributed by atoms with Crippen molar-refractivity contribution in [3.05, 3.63) is 0 Å². The van der Waals surface area contributed by atoms with Crippen LogP contribution in [-0.4, -0.2) is 37.6 Å². The van der Waals surface area contributed by atoms with Gasteiger partial charge in [0.2, 0.25) is 0 Å². The van der Waals surface area contributed by atoms with Crippen LogP contribution in [0.5, 0.6) is 0 Å². The molecule has 2 atom stereocenters. The maximum absolute atomic E-state index is 9.26. The molecule has 3 heteroatoms. The van der Waals surface area contributed by atoms with E-state index in [4.69, 9.17) is 9.47 Å². The predicted octanol–water partition coefficient (Wildman–Crippen LogP) is 0.809. The topological polar surface area (TPSA) is 38.7 Å². The average molecular weight is 162 g/mol. The maximum Gasteiger partial charge on any atom is 0.0806 e. The van der Waals surface area contributed by atoms with Gasteiger partial charge in [-0.1, -0.05) is 6.92 Å². The van der Waals surface area contributed by atoms with Gasteiger partial charge in [0.1, 0.15) is 0 Å². The molecule has 0 aromatic rings. The monoisotopic (exact) mass is 162 g/mol. The average Bonchev–Trinajstić information content (AvgIpc) is 2.03. The number of aliphatic hydroxyl groups excluding tert-OH is 1. The standard InChI is InChI=1S/C8H18O3/c1-4-8(9)7(2)11-6-5-10-3/h7-9H,4-6H2,1-3H3. The number of hydrogen-bond donors (Lipinski definition) is 1. The second kappa shape index (κ2) is 6.58. The lowest BCUT2D eigenvalue weighted by Gasteiger charge is -2.17. The minimum absolute atomic E-state index is 0.0878. The zero-order valence-corrected chi connectivity index (χ0v) is 7.54. The van der Waals surface area contributed by atoms with Crippen LogP contribution < -0.4 is 0 Å². The van der Waals surface area contributed by atoms with E-state index in [1.54, 1.807) is 7.11 Å². The van der Waals surface area contributed by atoms with Gasteiger partial charge in [0.25, 0.3) is 0 Å². The molecule has 1 N–H and O–H groups in total. The molecule has 0 saturated carbocycles. The van der Waals surface area contributed by atoms with E-state index in [1.165, 1.54) is 0 Å². The van der Waals surface area contributed by atoms with Crippen LogP contribution in [0.3, 0.4) is 0 Å². The lowest BCUT2D eigenvalue weighted by Crippen LogP contribution is -2.26. The number of hydrogen-bond acceptors (Lipinski definition) is 3. The minimum atomic E-state index is -0.355. The van der Waals surface area contributed by atoms with Crippen LogP contribution in [0.25, 0.3) is 0 Å². The first-order chi connectivity index (χ1) is 5.22. The van der Waals surface area contributed by atoms with Gasteiger partial charge in [0.05, 0.1) is 25.4 Å². The van der Waals surface area contributed by atoms with Crippen LogP contribution in [0.1, 0.15) is 20.3 Å². The fourth-order valence-corrected chi connectivity index (χ4v) is 0.760. The first kappa shape index (κ1) is 10.9. The summed E-state index contributed by atoms with van der Waals surface area (Å²) in [5.41, 5.74) is 0. The van der Waals surface area contributed by atoms with Crippen molar-refractivity contribution in [1.82, 2.24) is 0 Å². The van der Waals surface area contributed by atoms with Crippen LogP contribution in [0.2, 0.25) is 0 Å². The number of ether oxygens (including phenoxy) is 2. The lowest BCUT2D eigenvalue weighted by molar-refractivity contribution is -0.0427. The van der Waals surface area contributed by atoms with E-state index in [9.17, 15) is 5.11 Å². The van der Waals surface area contributed by atoms with Gasteiger partial charge < -0.3 is 14.6 Å². The fourth-order valence-electron chi connectivity index (χ4n) is 0.760. The summed E-state index contributed by atoms with van der Waals surface area (Å²) < 4.78 is 10.1. The fraction of sp³-hybridized carbons (Fsp3) is 1.00. The summed E-state index contributed by atoms with van der Waals surface area (Å²) in [7, 11) is 1.63. The highest BCUT2D eigenvalue weighted by atomic mass is 16.5. The number of methoxy groups -OCH3 is 1. The first-order valence-corrected chi connectivity index (χ1v) is 4.01. The van der Waals surface area contributed by atoms with Gasteiger partial charge in [-0.2, -0.15) is 0 Å². The molecule has 0 radical (unpaired) electrons. The molecule has 0 spiro atoms. The Bertz CT molecular complexity index is 85.4. The summed E-state index contributed by atoms with van der Waals surface area (Å²) in [5, 5.41) is 9.26. The van der Waals surface area contributed by atoms with Crippen LogP contribution in [0.15, 0.2) is 0 Å². The van der Waals surface area contributed by atoms with E-state index in [1.807, 2.05) is 13.8 Å². The molecular formula is C8H18O3. The van der Waals surface area contributed by atoms with E-state index < -0.39 is 0 Å². The Morgan fingerprint density at radius 2 is 2.00 bits per heavy atom. The molecule has 0 aliphatic heterocycles. The SMILES string of the molecule is CCC(O)C(C)OCCOC. The van der Waals surface area contributed by atoms with E-state index in [0.717, 1.165) is 6.42 Å². The molecule has 0 aliphatic rings. The quantitative estimate of drug-likeness (QED) is 0.587. The second-order valence-corrected chi connectivity index (χ2v) is 2.54. The van der Waals surface area contributed by atoms with Crippen molar-refractivity contribution >= 4 is 0 Å². The highest BCUT2D eigenvalue weighted by molar-refractivity contribution is 4.60.